The number of benzene rings is 1. The molecule has 8 heteroatoms. The zero-order valence-electron chi connectivity index (χ0n) is 13.0. The highest BCUT2D eigenvalue weighted by Crippen LogP contribution is 2.36. The number of hydrogen-bond donors (Lipinski definition) is 0. The molecule has 0 amide bonds. The second-order valence-electron chi connectivity index (χ2n) is 4.98. The van der Waals surface area contributed by atoms with Gasteiger partial charge in [0.15, 0.2) is 0 Å². The van der Waals surface area contributed by atoms with Crippen LogP contribution in [0.1, 0.15) is 6.92 Å². The van der Waals surface area contributed by atoms with Gasteiger partial charge >= 0.3 is 0 Å². The van der Waals surface area contributed by atoms with Crippen molar-refractivity contribution in [3.63, 3.8) is 0 Å². The maximum Gasteiger partial charge on any atom is 0.246 e. The summed E-state index contributed by atoms with van der Waals surface area (Å²) in [5, 5.41) is 0. The van der Waals surface area contributed by atoms with E-state index in [1.54, 1.807) is 6.07 Å². The van der Waals surface area contributed by atoms with Gasteiger partial charge in [0.1, 0.15) is 16.4 Å². The molecule has 0 N–H and O–H groups in total. The Kier molecular flexibility index (Phi) is 5.70. The van der Waals surface area contributed by atoms with E-state index < -0.39 is 10.0 Å². The van der Waals surface area contributed by atoms with E-state index in [2.05, 4.69) is 27.8 Å². The maximum absolute atomic E-state index is 12.9. The molecule has 0 atom stereocenters. The summed E-state index contributed by atoms with van der Waals surface area (Å²) in [5.74, 6) is 0.775. The molecule has 0 saturated carbocycles. The van der Waals surface area contributed by atoms with Gasteiger partial charge < -0.3 is 14.4 Å². The van der Waals surface area contributed by atoms with Crippen LogP contribution in [0.2, 0.25) is 0 Å². The number of sulfonamides is 1. The predicted octanol–water partition coefficient (Wildman–Crippen LogP) is 1.79. The van der Waals surface area contributed by atoms with Gasteiger partial charge in [-0.25, -0.2) is 8.42 Å². The first-order valence-corrected chi connectivity index (χ1v) is 9.31. The molecule has 6 nitrogen and oxygen atoms in total. The van der Waals surface area contributed by atoms with Crippen molar-refractivity contribution in [2.24, 2.45) is 0 Å². The number of nitrogens with zero attached hydrogens (tertiary/aromatic N) is 2. The molecule has 0 unspecified atom stereocenters. The van der Waals surface area contributed by atoms with Crippen LogP contribution in [0.5, 0.6) is 11.5 Å². The Morgan fingerprint density at radius 1 is 1.09 bits per heavy atom. The van der Waals surface area contributed by atoms with Crippen molar-refractivity contribution in [2.45, 2.75) is 11.8 Å². The van der Waals surface area contributed by atoms with E-state index in [0.29, 0.717) is 29.1 Å². The molecule has 0 aliphatic carbocycles. The fourth-order valence-electron chi connectivity index (χ4n) is 2.46. The fourth-order valence-corrected chi connectivity index (χ4v) is 4.52. The van der Waals surface area contributed by atoms with Gasteiger partial charge in [0, 0.05) is 32.2 Å². The minimum absolute atomic E-state index is 0.139. The van der Waals surface area contributed by atoms with Gasteiger partial charge in [0.25, 0.3) is 0 Å². The van der Waals surface area contributed by atoms with E-state index in [1.165, 1.54) is 24.6 Å². The lowest BCUT2D eigenvalue weighted by Crippen LogP contribution is -2.48. The van der Waals surface area contributed by atoms with Crippen LogP contribution in [0.15, 0.2) is 21.5 Å². The molecule has 0 aromatic heterocycles. The van der Waals surface area contributed by atoms with E-state index in [9.17, 15) is 8.42 Å². The molecular formula is C14H21BrN2O4S. The van der Waals surface area contributed by atoms with E-state index in [1.807, 2.05) is 0 Å². The molecule has 1 aromatic carbocycles. The third kappa shape index (κ3) is 3.40. The number of halogens is 1. The van der Waals surface area contributed by atoms with E-state index in [-0.39, 0.29) is 4.90 Å². The normalized spacial score (nSPS) is 17.5. The summed E-state index contributed by atoms with van der Waals surface area (Å²) < 4.78 is 38.4. The van der Waals surface area contributed by atoms with Crippen LogP contribution in [0.25, 0.3) is 0 Å². The maximum atomic E-state index is 12.9. The summed E-state index contributed by atoms with van der Waals surface area (Å²) in [4.78, 5) is 2.37. The molecule has 0 spiro atoms. The van der Waals surface area contributed by atoms with Crippen LogP contribution >= 0.6 is 15.9 Å². The van der Waals surface area contributed by atoms with Gasteiger partial charge in [0.2, 0.25) is 10.0 Å². The molecule has 1 aliphatic heterocycles. The third-order valence-electron chi connectivity index (χ3n) is 3.83. The summed E-state index contributed by atoms with van der Waals surface area (Å²) >= 11 is 3.34. The van der Waals surface area contributed by atoms with Crippen LogP contribution < -0.4 is 9.47 Å². The monoisotopic (exact) mass is 392 g/mol. The first-order valence-electron chi connectivity index (χ1n) is 7.08. The summed E-state index contributed by atoms with van der Waals surface area (Å²) in [5.41, 5.74) is 0. The molecule has 1 saturated heterocycles. The zero-order chi connectivity index (χ0) is 16.3. The second-order valence-corrected chi connectivity index (χ2v) is 7.74. The first-order chi connectivity index (χ1) is 10.4. The van der Waals surface area contributed by atoms with Gasteiger partial charge in [-0.1, -0.05) is 6.92 Å². The van der Waals surface area contributed by atoms with Crippen molar-refractivity contribution in [3.8, 4) is 11.5 Å². The highest BCUT2D eigenvalue weighted by Gasteiger charge is 2.31. The Balaban J connectivity index is 2.37. The zero-order valence-corrected chi connectivity index (χ0v) is 15.4. The molecule has 1 aromatic rings. The Hall–Kier alpha value is -0.830. The summed E-state index contributed by atoms with van der Waals surface area (Å²) in [6.45, 7) is 5.46. The van der Waals surface area contributed by atoms with Crippen molar-refractivity contribution >= 4 is 26.0 Å². The fraction of sp³-hybridized carbons (Fsp3) is 0.571. The predicted molar refractivity (Wildman–Crippen MR) is 88.1 cm³/mol. The van der Waals surface area contributed by atoms with Crippen molar-refractivity contribution < 1.29 is 17.9 Å². The van der Waals surface area contributed by atoms with Crippen LogP contribution in [0.4, 0.5) is 0 Å². The van der Waals surface area contributed by atoms with Gasteiger partial charge in [-0.05, 0) is 28.5 Å². The molecule has 2 rings (SSSR count). The third-order valence-corrected chi connectivity index (χ3v) is 6.37. The average molecular weight is 393 g/mol. The molecule has 0 radical (unpaired) electrons. The average Bonchev–Trinajstić information content (AvgIpc) is 2.54. The standard InChI is InChI=1S/C14H21BrN2O4S/c1-4-16-5-7-17(8-6-16)22(18,19)14-10-12(20-2)11(15)9-13(14)21-3/h9-10H,4-8H2,1-3H3. The molecule has 1 fully saturated rings. The number of piperazine rings is 1. The number of ether oxygens (including phenoxy) is 2. The van der Waals surface area contributed by atoms with Crippen molar-refractivity contribution in [2.75, 3.05) is 46.9 Å². The largest absolute Gasteiger partial charge is 0.496 e. The lowest BCUT2D eigenvalue weighted by Gasteiger charge is -2.33. The smallest absolute Gasteiger partial charge is 0.246 e. The van der Waals surface area contributed by atoms with Crippen molar-refractivity contribution in [1.82, 2.24) is 9.21 Å². The SMILES string of the molecule is CCN1CCN(S(=O)(=O)c2cc(OC)c(Br)cc2OC)CC1. The van der Waals surface area contributed by atoms with E-state index in [4.69, 9.17) is 9.47 Å². The lowest BCUT2D eigenvalue weighted by atomic mass is 10.3. The number of methoxy groups -OCH3 is 2. The molecular weight excluding hydrogens is 372 g/mol. The molecule has 124 valence electrons. The topological polar surface area (TPSA) is 59.1 Å². The highest BCUT2D eigenvalue weighted by atomic mass is 79.9. The van der Waals surface area contributed by atoms with E-state index >= 15 is 0 Å². The minimum atomic E-state index is -3.60. The van der Waals surface area contributed by atoms with Crippen molar-refractivity contribution in [1.29, 1.82) is 0 Å². The summed E-state index contributed by atoms with van der Waals surface area (Å²) in [7, 11) is -0.641. The lowest BCUT2D eigenvalue weighted by molar-refractivity contribution is 0.196. The Morgan fingerprint density at radius 2 is 1.68 bits per heavy atom. The minimum Gasteiger partial charge on any atom is -0.496 e. The van der Waals surface area contributed by atoms with Gasteiger partial charge in [-0.15, -0.1) is 0 Å². The molecule has 0 bridgehead atoms. The van der Waals surface area contributed by atoms with Crippen LogP contribution in [-0.4, -0.2) is 64.6 Å². The van der Waals surface area contributed by atoms with Crippen LogP contribution in [-0.2, 0) is 10.0 Å². The van der Waals surface area contributed by atoms with Gasteiger partial charge in [-0.2, -0.15) is 4.31 Å². The number of rotatable bonds is 5. The number of likely N-dealkylation sites (N-methyl/N-ethyl adjacent to an activating group) is 1. The quantitative estimate of drug-likeness (QED) is 0.764. The first kappa shape index (κ1) is 17.5. The number of hydrogen-bond acceptors (Lipinski definition) is 5. The molecule has 1 heterocycles. The van der Waals surface area contributed by atoms with Crippen LogP contribution in [0.3, 0.4) is 0 Å². The molecule has 22 heavy (non-hydrogen) atoms. The Morgan fingerprint density at radius 3 is 2.18 bits per heavy atom. The second kappa shape index (κ2) is 7.16. The Bertz CT molecular complexity index is 628. The summed E-state index contributed by atoms with van der Waals surface area (Å²) in [6.07, 6.45) is 0. The Labute approximate surface area is 140 Å². The van der Waals surface area contributed by atoms with E-state index in [0.717, 1.165) is 19.6 Å². The molecule has 1 aliphatic rings. The summed E-state index contributed by atoms with van der Waals surface area (Å²) in [6, 6.07) is 3.12. The van der Waals surface area contributed by atoms with Crippen LogP contribution in [0, 0.1) is 0 Å². The van der Waals surface area contributed by atoms with Gasteiger partial charge in [0.05, 0.1) is 18.7 Å². The van der Waals surface area contributed by atoms with Gasteiger partial charge in [-0.3, -0.25) is 0 Å². The van der Waals surface area contributed by atoms with Crippen molar-refractivity contribution in [3.05, 3.63) is 16.6 Å². The highest BCUT2D eigenvalue weighted by molar-refractivity contribution is 9.10.